The first-order chi connectivity index (χ1) is 9.16. The molecule has 1 aromatic carbocycles. The number of hydrogen-bond acceptors (Lipinski definition) is 4. The predicted octanol–water partition coefficient (Wildman–Crippen LogP) is 4.72. The van der Waals surface area contributed by atoms with E-state index in [2.05, 4.69) is 27.2 Å². The molecule has 3 nitrogen and oxygen atoms in total. The molecule has 2 heterocycles. The average molecular weight is 335 g/mol. The van der Waals surface area contributed by atoms with Crippen molar-refractivity contribution in [1.82, 2.24) is 5.16 Å². The van der Waals surface area contributed by atoms with Crippen LogP contribution in [0.4, 0.5) is 5.82 Å². The highest BCUT2D eigenvalue weighted by Crippen LogP contribution is 2.39. The highest BCUT2D eigenvalue weighted by molar-refractivity contribution is 9.10. The summed E-state index contributed by atoms with van der Waals surface area (Å²) in [6.07, 6.45) is 0. The van der Waals surface area contributed by atoms with Crippen LogP contribution in [-0.4, -0.2) is 5.16 Å². The fraction of sp³-hybridized carbons (Fsp3) is 0.0714. The van der Waals surface area contributed by atoms with Gasteiger partial charge in [-0.2, -0.15) is 0 Å². The van der Waals surface area contributed by atoms with Gasteiger partial charge in [0.2, 0.25) is 0 Å². The summed E-state index contributed by atoms with van der Waals surface area (Å²) in [4.78, 5) is 1.06. The topological polar surface area (TPSA) is 52.0 Å². The minimum absolute atomic E-state index is 0.429. The molecule has 0 atom stereocenters. The van der Waals surface area contributed by atoms with Crippen molar-refractivity contribution in [2.24, 2.45) is 0 Å². The smallest absolute Gasteiger partial charge is 0.177 e. The Morgan fingerprint density at radius 3 is 2.84 bits per heavy atom. The first kappa shape index (κ1) is 12.4. The van der Waals surface area contributed by atoms with Crippen molar-refractivity contribution in [3.63, 3.8) is 0 Å². The predicted molar refractivity (Wildman–Crippen MR) is 82.1 cm³/mol. The number of thiophene rings is 1. The van der Waals surface area contributed by atoms with Gasteiger partial charge in [-0.25, -0.2) is 0 Å². The Labute approximate surface area is 123 Å². The number of rotatable bonds is 2. The normalized spacial score (nSPS) is 10.8. The van der Waals surface area contributed by atoms with Crippen LogP contribution in [0.3, 0.4) is 0 Å². The fourth-order valence-corrected chi connectivity index (χ4v) is 2.97. The summed E-state index contributed by atoms with van der Waals surface area (Å²) in [6.45, 7) is 2.04. The van der Waals surface area contributed by atoms with Crippen LogP contribution in [0.2, 0.25) is 0 Å². The van der Waals surface area contributed by atoms with Crippen molar-refractivity contribution in [2.45, 2.75) is 6.92 Å². The number of hydrogen-bond donors (Lipinski definition) is 1. The van der Waals surface area contributed by atoms with Gasteiger partial charge in [0.05, 0.1) is 5.56 Å². The lowest BCUT2D eigenvalue weighted by Crippen LogP contribution is -1.87. The van der Waals surface area contributed by atoms with Crippen molar-refractivity contribution in [2.75, 3.05) is 5.73 Å². The molecule has 0 fully saturated rings. The third kappa shape index (κ3) is 2.19. The van der Waals surface area contributed by atoms with Gasteiger partial charge in [-0.3, -0.25) is 0 Å². The quantitative estimate of drug-likeness (QED) is 0.737. The van der Waals surface area contributed by atoms with E-state index < -0.39 is 0 Å². The highest BCUT2D eigenvalue weighted by Gasteiger charge is 2.18. The third-order valence-corrected chi connectivity index (χ3v) is 4.68. The lowest BCUT2D eigenvalue weighted by atomic mass is 10.1. The number of nitrogens with two attached hydrogens (primary N) is 1. The van der Waals surface area contributed by atoms with E-state index in [1.165, 1.54) is 0 Å². The molecule has 0 saturated carbocycles. The van der Waals surface area contributed by atoms with Gasteiger partial charge in [0, 0.05) is 14.9 Å². The van der Waals surface area contributed by atoms with Crippen LogP contribution >= 0.6 is 27.3 Å². The summed E-state index contributed by atoms with van der Waals surface area (Å²) in [5.41, 5.74) is 8.93. The van der Waals surface area contributed by atoms with Gasteiger partial charge in [-0.1, -0.05) is 27.2 Å². The molecular weight excluding hydrogens is 324 g/mol. The molecule has 0 aliphatic heterocycles. The van der Waals surface area contributed by atoms with Crippen molar-refractivity contribution in [3.8, 4) is 21.8 Å². The lowest BCUT2D eigenvalue weighted by molar-refractivity contribution is 0.436. The van der Waals surface area contributed by atoms with Gasteiger partial charge in [0.25, 0.3) is 0 Å². The second kappa shape index (κ2) is 4.83. The van der Waals surface area contributed by atoms with E-state index in [-0.39, 0.29) is 0 Å². The third-order valence-electron chi connectivity index (χ3n) is 2.91. The zero-order valence-corrected chi connectivity index (χ0v) is 12.6. The molecule has 5 heteroatoms. The molecule has 2 N–H and O–H groups in total. The maximum absolute atomic E-state index is 5.93. The number of nitrogens with zero attached hydrogens (tertiary/aromatic N) is 1. The first-order valence-electron chi connectivity index (χ1n) is 5.72. The van der Waals surface area contributed by atoms with Crippen molar-refractivity contribution >= 4 is 33.1 Å². The summed E-state index contributed by atoms with van der Waals surface area (Å²) in [6, 6.07) is 10.1. The van der Waals surface area contributed by atoms with Gasteiger partial charge in [0.15, 0.2) is 11.6 Å². The Morgan fingerprint density at radius 2 is 2.16 bits per heavy atom. The van der Waals surface area contributed by atoms with E-state index in [4.69, 9.17) is 10.3 Å². The van der Waals surface area contributed by atoms with E-state index in [0.29, 0.717) is 5.82 Å². The minimum Gasteiger partial charge on any atom is -0.380 e. The van der Waals surface area contributed by atoms with E-state index in [1.54, 1.807) is 11.3 Å². The molecule has 2 aromatic heterocycles. The lowest BCUT2D eigenvalue weighted by Gasteiger charge is -2.03. The zero-order chi connectivity index (χ0) is 13.4. The van der Waals surface area contributed by atoms with Gasteiger partial charge in [-0.05, 0) is 42.1 Å². The standard InChI is InChI=1S/C14H11BrN2OS/c1-8-7-9(4-5-10(8)15)13-12(14(16)17-18-13)11-3-2-6-19-11/h2-7H,1H3,(H2,16,17). The minimum atomic E-state index is 0.429. The van der Waals surface area contributed by atoms with Crippen LogP contribution < -0.4 is 5.73 Å². The molecule has 0 amide bonds. The number of benzene rings is 1. The molecule has 96 valence electrons. The van der Waals surface area contributed by atoms with E-state index in [1.807, 2.05) is 36.6 Å². The summed E-state index contributed by atoms with van der Waals surface area (Å²) in [5, 5.41) is 5.91. The molecule has 0 bridgehead atoms. The molecule has 0 radical (unpaired) electrons. The van der Waals surface area contributed by atoms with E-state index in [9.17, 15) is 0 Å². The molecule has 0 saturated heterocycles. The van der Waals surface area contributed by atoms with Crippen LogP contribution in [0.15, 0.2) is 44.7 Å². The molecule has 0 aliphatic carbocycles. The molecule has 0 unspecified atom stereocenters. The Hall–Kier alpha value is -1.59. The molecule has 3 aromatic rings. The summed E-state index contributed by atoms with van der Waals surface area (Å²) in [7, 11) is 0. The molecular formula is C14H11BrN2OS. The second-order valence-electron chi connectivity index (χ2n) is 4.21. The number of aromatic nitrogens is 1. The molecule has 3 rings (SSSR count). The number of nitrogen functional groups attached to an aromatic ring is 1. The molecule has 19 heavy (non-hydrogen) atoms. The maximum Gasteiger partial charge on any atom is 0.177 e. The monoisotopic (exact) mass is 334 g/mol. The fourth-order valence-electron chi connectivity index (χ4n) is 1.94. The van der Waals surface area contributed by atoms with Gasteiger partial charge in [-0.15, -0.1) is 11.3 Å². The Kier molecular flexibility index (Phi) is 3.16. The van der Waals surface area contributed by atoms with Gasteiger partial charge >= 0.3 is 0 Å². The van der Waals surface area contributed by atoms with Gasteiger partial charge in [0.1, 0.15) is 0 Å². The van der Waals surface area contributed by atoms with Crippen molar-refractivity contribution < 1.29 is 4.52 Å². The Bertz CT molecular complexity index is 719. The van der Waals surface area contributed by atoms with Crippen molar-refractivity contribution in [1.29, 1.82) is 0 Å². The maximum atomic E-state index is 5.93. The molecule has 0 aliphatic rings. The van der Waals surface area contributed by atoms with Crippen LogP contribution in [0, 0.1) is 6.92 Å². The van der Waals surface area contributed by atoms with Crippen LogP contribution in [0.1, 0.15) is 5.56 Å². The Balaban J connectivity index is 2.18. The first-order valence-corrected chi connectivity index (χ1v) is 7.39. The van der Waals surface area contributed by atoms with Gasteiger partial charge < -0.3 is 10.3 Å². The highest BCUT2D eigenvalue weighted by atomic mass is 79.9. The number of aryl methyl sites for hydroxylation is 1. The van der Waals surface area contributed by atoms with Crippen molar-refractivity contribution in [3.05, 3.63) is 45.7 Å². The summed E-state index contributed by atoms with van der Waals surface area (Å²) < 4.78 is 6.49. The zero-order valence-electron chi connectivity index (χ0n) is 10.2. The summed E-state index contributed by atoms with van der Waals surface area (Å²) >= 11 is 5.12. The Morgan fingerprint density at radius 1 is 1.32 bits per heavy atom. The van der Waals surface area contributed by atoms with Crippen LogP contribution in [0.25, 0.3) is 21.8 Å². The molecule has 0 spiro atoms. The SMILES string of the molecule is Cc1cc(-c2onc(N)c2-c2cccs2)ccc1Br. The van der Waals surface area contributed by atoms with Crippen LogP contribution in [-0.2, 0) is 0 Å². The number of halogens is 1. The van der Waals surface area contributed by atoms with E-state index in [0.717, 1.165) is 31.8 Å². The number of anilines is 1. The van der Waals surface area contributed by atoms with E-state index >= 15 is 0 Å². The second-order valence-corrected chi connectivity index (χ2v) is 6.02. The average Bonchev–Trinajstić information content (AvgIpc) is 3.01. The largest absolute Gasteiger partial charge is 0.380 e. The summed E-state index contributed by atoms with van der Waals surface area (Å²) in [5.74, 6) is 1.15. The van der Waals surface area contributed by atoms with Crippen LogP contribution in [0.5, 0.6) is 0 Å².